The van der Waals surface area contributed by atoms with E-state index < -0.39 is 0 Å². The number of nitrogens with one attached hydrogen (secondary N) is 2. The van der Waals surface area contributed by atoms with Gasteiger partial charge in [-0.15, -0.1) is 0 Å². The summed E-state index contributed by atoms with van der Waals surface area (Å²) in [7, 11) is 4.16. The second kappa shape index (κ2) is 4.16. The van der Waals surface area contributed by atoms with Crippen molar-refractivity contribution >= 4 is 0 Å². The molecule has 1 aromatic rings. The molecule has 6 nitrogen and oxygen atoms in total. The van der Waals surface area contributed by atoms with Gasteiger partial charge in [0.15, 0.2) is 0 Å². The molecular formula is C9H17N5O. The van der Waals surface area contributed by atoms with Gasteiger partial charge in [0, 0.05) is 6.54 Å². The zero-order valence-electron chi connectivity index (χ0n) is 9.16. The van der Waals surface area contributed by atoms with Crippen molar-refractivity contribution < 1.29 is 0 Å². The summed E-state index contributed by atoms with van der Waals surface area (Å²) in [6.45, 7) is 3.02. The van der Waals surface area contributed by atoms with E-state index in [1.165, 1.54) is 0 Å². The van der Waals surface area contributed by atoms with Gasteiger partial charge in [-0.3, -0.25) is 9.88 Å². The van der Waals surface area contributed by atoms with Crippen LogP contribution in [0.25, 0.3) is 0 Å². The predicted octanol–water partition coefficient (Wildman–Crippen LogP) is -0.594. The monoisotopic (exact) mass is 211 g/mol. The molecule has 1 aliphatic heterocycles. The molecule has 1 saturated heterocycles. The summed E-state index contributed by atoms with van der Waals surface area (Å²) in [4.78, 5) is 18.2. The molecule has 2 rings (SSSR count). The van der Waals surface area contributed by atoms with E-state index in [1.807, 2.05) is 0 Å². The molecule has 1 fully saturated rings. The van der Waals surface area contributed by atoms with Gasteiger partial charge >= 0.3 is 5.69 Å². The first-order valence-electron chi connectivity index (χ1n) is 5.20. The molecule has 15 heavy (non-hydrogen) atoms. The molecule has 1 atom stereocenters. The lowest BCUT2D eigenvalue weighted by molar-refractivity contribution is 0.220. The Morgan fingerprint density at radius 1 is 1.40 bits per heavy atom. The van der Waals surface area contributed by atoms with Crippen LogP contribution in [-0.2, 0) is 0 Å². The van der Waals surface area contributed by atoms with Crippen molar-refractivity contribution in [1.29, 1.82) is 0 Å². The summed E-state index contributed by atoms with van der Waals surface area (Å²) in [5, 5.41) is 6.42. The lowest BCUT2D eigenvalue weighted by Crippen LogP contribution is -2.31. The number of rotatable bonds is 1. The van der Waals surface area contributed by atoms with Gasteiger partial charge in [0.2, 0.25) is 0 Å². The van der Waals surface area contributed by atoms with E-state index in [4.69, 9.17) is 0 Å². The number of nitrogens with zero attached hydrogens (tertiary/aromatic N) is 3. The Bertz CT molecular complexity index is 371. The van der Waals surface area contributed by atoms with Crippen molar-refractivity contribution in [2.75, 3.05) is 33.7 Å². The molecule has 2 heterocycles. The van der Waals surface area contributed by atoms with Crippen LogP contribution in [0.2, 0.25) is 0 Å². The molecule has 0 spiro atoms. The second-order valence-electron chi connectivity index (χ2n) is 4.18. The van der Waals surface area contributed by atoms with Crippen LogP contribution in [0, 0.1) is 0 Å². The first-order chi connectivity index (χ1) is 7.16. The van der Waals surface area contributed by atoms with E-state index in [0.717, 1.165) is 31.9 Å². The van der Waals surface area contributed by atoms with E-state index in [9.17, 15) is 4.79 Å². The van der Waals surface area contributed by atoms with Crippen molar-refractivity contribution in [3.63, 3.8) is 0 Å². The number of aromatic nitrogens is 3. The van der Waals surface area contributed by atoms with Crippen LogP contribution >= 0.6 is 0 Å². The van der Waals surface area contributed by atoms with Crippen molar-refractivity contribution in [3.8, 4) is 0 Å². The Morgan fingerprint density at radius 2 is 2.20 bits per heavy atom. The van der Waals surface area contributed by atoms with Gasteiger partial charge in [-0.2, -0.15) is 5.10 Å². The predicted molar refractivity (Wildman–Crippen MR) is 56.7 cm³/mol. The molecule has 84 valence electrons. The highest BCUT2D eigenvalue weighted by Gasteiger charge is 2.24. The minimum atomic E-state index is -0.231. The van der Waals surface area contributed by atoms with Gasteiger partial charge in [0.1, 0.15) is 5.82 Å². The molecule has 1 unspecified atom stereocenters. The molecule has 0 aromatic carbocycles. The highest BCUT2D eigenvalue weighted by Crippen LogP contribution is 2.18. The van der Waals surface area contributed by atoms with Crippen LogP contribution < -0.4 is 5.69 Å². The number of H-pyrrole nitrogens is 2. The Hall–Kier alpha value is -1.14. The van der Waals surface area contributed by atoms with Gasteiger partial charge in [-0.05, 0) is 33.6 Å². The smallest absolute Gasteiger partial charge is 0.304 e. The summed E-state index contributed by atoms with van der Waals surface area (Å²) >= 11 is 0. The zero-order valence-corrected chi connectivity index (χ0v) is 9.16. The van der Waals surface area contributed by atoms with Gasteiger partial charge in [0.05, 0.1) is 6.04 Å². The van der Waals surface area contributed by atoms with Crippen LogP contribution in [0.3, 0.4) is 0 Å². The lowest BCUT2D eigenvalue weighted by Gasteiger charge is -2.24. The van der Waals surface area contributed by atoms with E-state index >= 15 is 0 Å². The molecule has 0 radical (unpaired) electrons. The molecule has 0 bridgehead atoms. The summed E-state index contributed by atoms with van der Waals surface area (Å²) in [6, 6.07) is 0.177. The molecule has 0 aliphatic carbocycles. The highest BCUT2D eigenvalue weighted by atomic mass is 16.1. The minimum absolute atomic E-state index is 0.177. The number of aromatic amines is 2. The van der Waals surface area contributed by atoms with E-state index in [-0.39, 0.29) is 11.7 Å². The van der Waals surface area contributed by atoms with E-state index in [0.29, 0.717) is 0 Å². The third-order valence-electron chi connectivity index (χ3n) is 2.90. The summed E-state index contributed by atoms with van der Waals surface area (Å²) in [5.74, 6) is 0.733. The summed E-state index contributed by atoms with van der Waals surface area (Å²) < 4.78 is 0. The van der Waals surface area contributed by atoms with Gasteiger partial charge in [0.25, 0.3) is 0 Å². The SMILES string of the molecule is CN1CCCN(C)C(c2n[nH]c(=O)[nH]2)C1. The Kier molecular flexibility index (Phi) is 2.88. The highest BCUT2D eigenvalue weighted by molar-refractivity contribution is 4.94. The fourth-order valence-corrected chi connectivity index (χ4v) is 2.01. The van der Waals surface area contributed by atoms with Crippen molar-refractivity contribution in [2.24, 2.45) is 0 Å². The van der Waals surface area contributed by atoms with E-state index in [1.54, 1.807) is 0 Å². The van der Waals surface area contributed by atoms with Crippen LogP contribution in [-0.4, -0.2) is 58.7 Å². The standard InChI is InChI=1S/C9H17N5O/c1-13-4-3-5-14(2)7(6-13)8-10-9(15)12-11-8/h7H,3-6H2,1-2H3,(H2,10,11,12,15). The molecule has 2 N–H and O–H groups in total. The van der Waals surface area contributed by atoms with Crippen molar-refractivity contribution in [2.45, 2.75) is 12.5 Å². The maximum Gasteiger partial charge on any atom is 0.340 e. The third kappa shape index (κ3) is 2.27. The third-order valence-corrected chi connectivity index (χ3v) is 2.90. The van der Waals surface area contributed by atoms with Crippen LogP contribution in [0.1, 0.15) is 18.3 Å². The van der Waals surface area contributed by atoms with Crippen LogP contribution in [0.4, 0.5) is 0 Å². The Balaban J connectivity index is 2.21. The Morgan fingerprint density at radius 3 is 2.87 bits per heavy atom. The Labute approximate surface area is 88.3 Å². The van der Waals surface area contributed by atoms with Crippen molar-refractivity contribution in [3.05, 3.63) is 16.3 Å². The van der Waals surface area contributed by atoms with Gasteiger partial charge < -0.3 is 4.90 Å². The number of likely N-dealkylation sites (N-methyl/N-ethyl adjacent to an activating group) is 2. The molecule has 1 aliphatic rings. The maximum absolute atomic E-state index is 11.0. The minimum Gasteiger partial charge on any atom is -0.304 e. The topological polar surface area (TPSA) is 68.0 Å². The normalized spacial score (nSPS) is 25.3. The fourth-order valence-electron chi connectivity index (χ4n) is 2.01. The van der Waals surface area contributed by atoms with Crippen molar-refractivity contribution in [1.82, 2.24) is 25.0 Å². The average molecular weight is 211 g/mol. The summed E-state index contributed by atoms with van der Waals surface area (Å²) in [5.41, 5.74) is -0.231. The number of hydrogen-bond donors (Lipinski definition) is 2. The lowest BCUT2D eigenvalue weighted by atomic mass is 10.2. The molecule has 6 heteroatoms. The van der Waals surface area contributed by atoms with Gasteiger partial charge in [-0.25, -0.2) is 9.89 Å². The van der Waals surface area contributed by atoms with Crippen LogP contribution in [0.5, 0.6) is 0 Å². The van der Waals surface area contributed by atoms with Gasteiger partial charge in [-0.1, -0.05) is 0 Å². The maximum atomic E-state index is 11.0. The average Bonchev–Trinajstić information content (AvgIpc) is 2.53. The largest absolute Gasteiger partial charge is 0.340 e. The number of hydrogen-bond acceptors (Lipinski definition) is 4. The summed E-state index contributed by atoms with van der Waals surface area (Å²) in [6.07, 6.45) is 1.15. The molecule has 0 amide bonds. The quantitative estimate of drug-likeness (QED) is 0.651. The molecule has 1 aromatic heterocycles. The van der Waals surface area contributed by atoms with E-state index in [2.05, 4.69) is 39.1 Å². The first-order valence-corrected chi connectivity index (χ1v) is 5.20. The fraction of sp³-hybridized carbons (Fsp3) is 0.778. The zero-order chi connectivity index (χ0) is 10.8. The van der Waals surface area contributed by atoms with Crippen LogP contribution in [0.15, 0.2) is 4.79 Å². The second-order valence-corrected chi connectivity index (χ2v) is 4.18. The molecule has 0 saturated carbocycles. The first kappa shape index (κ1) is 10.4. The molecular weight excluding hydrogens is 194 g/mol.